The minimum absolute atomic E-state index is 0.174. The Kier molecular flexibility index (Phi) is 5.69. The molecule has 3 N–H and O–H groups in total. The van der Waals surface area contributed by atoms with E-state index < -0.39 is 5.60 Å². The van der Waals surface area contributed by atoms with Crippen LogP contribution >= 0.6 is 0 Å². The van der Waals surface area contributed by atoms with Gasteiger partial charge in [-0.05, 0) is 51.0 Å². The van der Waals surface area contributed by atoms with Gasteiger partial charge >= 0.3 is 6.09 Å². The highest BCUT2D eigenvalue weighted by Crippen LogP contribution is 2.35. The van der Waals surface area contributed by atoms with Crippen molar-refractivity contribution in [2.24, 2.45) is 0 Å². The molecule has 4 heterocycles. The molecule has 0 saturated carbocycles. The van der Waals surface area contributed by atoms with Crippen LogP contribution in [0, 0.1) is 0 Å². The fourth-order valence-corrected chi connectivity index (χ4v) is 4.33. The first-order valence-electron chi connectivity index (χ1n) is 11.5. The lowest BCUT2D eigenvalue weighted by atomic mass is 9.97. The van der Waals surface area contributed by atoms with Crippen molar-refractivity contribution in [2.45, 2.75) is 45.3 Å². The number of pyridine rings is 1. The topological polar surface area (TPSA) is 108 Å². The van der Waals surface area contributed by atoms with Crippen molar-refractivity contribution in [3.05, 3.63) is 59.9 Å². The van der Waals surface area contributed by atoms with Crippen molar-refractivity contribution in [2.75, 3.05) is 23.7 Å². The maximum atomic E-state index is 12.4. The molecule has 2 aliphatic rings. The molecule has 1 amide bonds. The highest BCUT2D eigenvalue weighted by atomic mass is 16.6. The van der Waals surface area contributed by atoms with Gasteiger partial charge in [0.1, 0.15) is 17.1 Å². The van der Waals surface area contributed by atoms with E-state index in [9.17, 15) is 4.79 Å². The molecule has 1 atom stereocenters. The third kappa shape index (κ3) is 4.73. The zero-order valence-electron chi connectivity index (χ0n) is 19.6. The fourth-order valence-electron chi connectivity index (χ4n) is 4.33. The van der Waals surface area contributed by atoms with Gasteiger partial charge in [0.2, 0.25) is 0 Å². The number of aromatic amines is 1. The second kappa shape index (κ2) is 8.81. The lowest BCUT2D eigenvalue weighted by Crippen LogP contribution is -2.40. The molecule has 3 aromatic rings. The van der Waals surface area contributed by atoms with Gasteiger partial charge in [-0.15, -0.1) is 0 Å². The van der Waals surface area contributed by atoms with Crippen LogP contribution in [-0.4, -0.2) is 56.1 Å². The van der Waals surface area contributed by atoms with Crippen LogP contribution in [0.3, 0.4) is 0 Å². The molecule has 0 bridgehead atoms. The average Bonchev–Trinajstić information content (AvgIpc) is 3.49. The van der Waals surface area contributed by atoms with E-state index in [1.807, 2.05) is 51.2 Å². The van der Waals surface area contributed by atoms with Crippen LogP contribution in [0.5, 0.6) is 0 Å². The van der Waals surface area contributed by atoms with Crippen molar-refractivity contribution in [3.8, 4) is 11.3 Å². The number of H-pyrrole nitrogens is 1. The standard InChI is InChI=1S/C25H29N7O2/c1-25(2,3)34-24(33)32-11-8-16(9-12-32)21-14-19-20(7-10-26-23(19)29-21)28-18-6-4-5-17(13-18)22-15-27-31-30-22/h4-8,10,13,15,21H,9,11-12,14H2,1-3H3,(H2,26,28,29)(H,27,30,31). The van der Waals surface area contributed by atoms with Crippen LogP contribution in [-0.2, 0) is 11.2 Å². The molecule has 34 heavy (non-hydrogen) atoms. The molecular weight excluding hydrogens is 430 g/mol. The van der Waals surface area contributed by atoms with Gasteiger partial charge in [-0.1, -0.05) is 18.2 Å². The van der Waals surface area contributed by atoms with Crippen LogP contribution in [0.2, 0.25) is 0 Å². The Morgan fingerprint density at radius 3 is 2.88 bits per heavy atom. The van der Waals surface area contributed by atoms with Gasteiger partial charge in [0.05, 0.1) is 12.2 Å². The summed E-state index contributed by atoms with van der Waals surface area (Å²) in [4.78, 5) is 18.7. The number of rotatable bonds is 4. The number of benzene rings is 1. The van der Waals surface area contributed by atoms with E-state index >= 15 is 0 Å². The SMILES string of the molecule is CC(C)(C)OC(=O)N1CC=C(C2Cc3c(Nc4cccc(-c5cn[nH]n5)c4)ccnc3N2)CC1. The molecule has 0 saturated heterocycles. The van der Waals surface area contributed by atoms with Gasteiger partial charge in [0.25, 0.3) is 0 Å². The summed E-state index contributed by atoms with van der Waals surface area (Å²) in [6.45, 7) is 6.88. The molecule has 0 spiro atoms. The van der Waals surface area contributed by atoms with E-state index in [1.165, 1.54) is 5.57 Å². The van der Waals surface area contributed by atoms with Crippen LogP contribution in [0.1, 0.15) is 32.8 Å². The first-order chi connectivity index (χ1) is 16.4. The normalized spacial score (nSPS) is 17.6. The maximum Gasteiger partial charge on any atom is 0.410 e. The molecule has 1 unspecified atom stereocenters. The lowest BCUT2D eigenvalue weighted by molar-refractivity contribution is 0.0265. The third-order valence-electron chi connectivity index (χ3n) is 5.97. The second-order valence-electron chi connectivity index (χ2n) is 9.60. The van der Waals surface area contributed by atoms with Crippen LogP contribution < -0.4 is 10.6 Å². The predicted molar refractivity (Wildman–Crippen MR) is 131 cm³/mol. The summed E-state index contributed by atoms with van der Waals surface area (Å²) in [5.74, 6) is 0.901. The van der Waals surface area contributed by atoms with Crippen molar-refractivity contribution in [1.82, 2.24) is 25.3 Å². The largest absolute Gasteiger partial charge is 0.444 e. The van der Waals surface area contributed by atoms with E-state index in [0.29, 0.717) is 13.1 Å². The lowest BCUT2D eigenvalue weighted by Gasteiger charge is -2.31. The van der Waals surface area contributed by atoms with Gasteiger partial charge < -0.3 is 20.3 Å². The minimum Gasteiger partial charge on any atom is -0.444 e. The molecule has 2 aromatic heterocycles. The number of nitrogens with one attached hydrogen (secondary N) is 3. The van der Waals surface area contributed by atoms with Crippen LogP contribution in [0.25, 0.3) is 11.3 Å². The summed E-state index contributed by atoms with van der Waals surface area (Å²) < 4.78 is 5.51. The number of aromatic nitrogens is 4. The second-order valence-corrected chi connectivity index (χ2v) is 9.60. The van der Waals surface area contributed by atoms with E-state index in [1.54, 1.807) is 11.1 Å². The zero-order valence-corrected chi connectivity index (χ0v) is 19.6. The Hall–Kier alpha value is -3.88. The first kappa shape index (κ1) is 21.9. The van der Waals surface area contributed by atoms with E-state index in [4.69, 9.17) is 4.74 Å². The van der Waals surface area contributed by atoms with Crippen molar-refractivity contribution in [1.29, 1.82) is 0 Å². The molecule has 1 aromatic carbocycles. The summed E-state index contributed by atoms with van der Waals surface area (Å²) in [7, 11) is 0. The maximum absolute atomic E-state index is 12.4. The number of amides is 1. The Morgan fingerprint density at radius 2 is 2.15 bits per heavy atom. The average molecular weight is 460 g/mol. The third-order valence-corrected chi connectivity index (χ3v) is 5.97. The molecule has 0 radical (unpaired) electrons. The van der Waals surface area contributed by atoms with Gasteiger partial charge in [0, 0.05) is 48.2 Å². The number of hydrogen-bond donors (Lipinski definition) is 3. The molecule has 9 heteroatoms. The van der Waals surface area contributed by atoms with E-state index in [2.05, 4.69) is 43.2 Å². The van der Waals surface area contributed by atoms with Crippen molar-refractivity contribution < 1.29 is 9.53 Å². The van der Waals surface area contributed by atoms with Gasteiger partial charge in [-0.2, -0.15) is 15.4 Å². The monoisotopic (exact) mass is 459 g/mol. The molecule has 0 aliphatic carbocycles. The highest BCUT2D eigenvalue weighted by molar-refractivity contribution is 5.74. The number of hydrogen-bond acceptors (Lipinski definition) is 7. The number of carbonyl (C=O) groups is 1. The van der Waals surface area contributed by atoms with E-state index in [0.717, 1.165) is 46.9 Å². The fraction of sp³-hybridized carbons (Fsp3) is 0.360. The summed E-state index contributed by atoms with van der Waals surface area (Å²) in [6.07, 6.45) is 7.06. The molecule has 9 nitrogen and oxygen atoms in total. The number of nitrogens with zero attached hydrogens (tertiary/aromatic N) is 4. The zero-order chi connectivity index (χ0) is 23.7. The molecule has 5 rings (SSSR count). The van der Waals surface area contributed by atoms with Crippen LogP contribution in [0.4, 0.5) is 22.0 Å². The summed E-state index contributed by atoms with van der Waals surface area (Å²) in [6, 6.07) is 10.3. The van der Waals surface area contributed by atoms with Gasteiger partial charge in [0.15, 0.2) is 0 Å². The number of fused-ring (bicyclic) bond motifs is 1. The Bertz CT molecular complexity index is 1210. The quantitative estimate of drug-likeness (QED) is 0.493. The Morgan fingerprint density at radius 1 is 1.26 bits per heavy atom. The molecule has 0 fully saturated rings. The van der Waals surface area contributed by atoms with Gasteiger partial charge in [-0.3, -0.25) is 0 Å². The molecule has 176 valence electrons. The minimum atomic E-state index is -0.487. The predicted octanol–water partition coefficient (Wildman–Crippen LogP) is 4.51. The number of ether oxygens (including phenoxy) is 1. The van der Waals surface area contributed by atoms with Crippen molar-refractivity contribution in [3.63, 3.8) is 0 Å². The smallest absolute Gasteiger partial charge is 0.410 e. The summed E-state index contributed by atoms with van der Waals surface area (Å²) >= 11 is 0. The Labute approximate surface area is 198 Å². The summed E-state index contributed by atoms with van der Waals surface area (Å²) in [5, 5.41) is 17.8. The number of carbonyl (C=O) groups excluding carboxylic acids is 1. The van der Waals surface area contributed by atoms with Gasteiger partial charge in [-0.25, -0.2) is 9.78 Å². The van der Waals surface area contributed by atoms with E-state index in [-0.39, 0.29) is 12.1 Å². The highest BCUT2D eigenvalue weighted by Gasteiger charge is 2.30. The van der Waals surface area contributed by atoms with Crippen molar-refractivity contribution >= 4 is 23.3 Å². The van der Waals surface area contributed by atoms with Crippen LogP contribution in [0.15, 0.2) is 54.4 Å². The molecule has 2 aliphatic heterocycles. The Balaban J connectivity index is 1.27. The first-order valence-corrected chi connectivity index (χ1v) is 11.5. The number of anilines is 3. The molecular formula is C25H29N7O2. The summed E-state index contributed by atoms with van der Waals surface area (Å²) in [5.41, 5.74) is 5.77.